The number of carbonyl (C=O) groups excluding carboxylic acids is 1. The monoisotopic (exact) mass is 369 g/mol. The van der Waals surface area contributed by atoms with E-state index in [1.165, 1.54) is 17.3 Å². The van der Waals surface area contributed by atoms with Crippen molar-refractivity contribution in [3.8, 4) is 0 Å². The van der Waals surface area contributed by atoms with E-state index in [0.717, 1.165) is 10.4 Å². The Balaban J connectivity index is 1.74. The van der Waals surface area contributed by atoms with Crippen molar-refractivity contribution in [2.45, 2.75) is 18.6 Å². The zero-order valence-electron chi connectivity index (χ0n) is 14.0. The third-order valence-corrected chi connectivity index (χ3v) is 5.72. The van der Waals surface area contributed by atoms with E-state index in [9.17, 15) is 4.79 Å². The van der Waals surface area contributed by atoms with E-state index >= 15 is 0 Å². The molecule has 3 rings (SSSR count). The molecular weight excluding hydrogens is 350 g/mol. The average molecular weight is 370 g/mol. The number of thiophene rings is 1. The van der Waals surface area contributed by atoms with Gasteiger partial charge in [0.25, 0.3) is 0 Å². The van der Waals surface area contributed by atoms with Crippen molar-refractivity contribution < 1.29 is 4.79 Å². The van der Waals surface area contributed by atoms with Crippen molar-refractivity contribution in [1.29, 1.82) is 0 Å². The quantitative estimate of drug-likeness (QED) is 0.437. The summed E-state index contributed by atoms with van der Waals surface area (Å²) in [4.78, 5) is 15.4. The first-order chi connectivity index (χ1) is 12.2. The van der Waals surface area contributed by atoms with Gasteiger partial charge in [-0.2, -0.15) is 5.10 Å². The van der Waals surface area contributed by atoms with Crippen molar-refractivity contribution in [1.82, 2.24) is 4.90 Å². The molecule has 1 aliphatic heterocycles. The van der Waals surface area contributed by atoms with Crippen LogP contribution >= 0.6 is 23.1 Å². The molecule has 0 aliphatic carbocycles. The maximum Gasteiger partial charge on any atom is 0.242 e. The summed E-state index contributed by atoms with van der Waals surface area (Å²) in [5.41, 5.74) is 2.37. The van der Waals surface area contributed by atoms with Crippen molar-refractivity contribution >= 4 is 40.4 Å². The van der Waals surface area contributed by atoms with Crippen LogP contribution in [-0.4, -0.2) is 34.0 Å². The molecule has 2 aromatic rings. The van der Waals surface area contributed by atoms with Gasteiger partial charge in [-0.3, -0.25) is 9.69 Å². The lowest BCUT2D eigenvalue weighted by molar-refractivity contribution is -0.125. The predicted octanol–water partition coefficient (Wildman–Crippen LogP) is 4.12. The van der Waals surface area contributed by atoms with Crippen LogP contribution in [0.4, 0.5) is 0 Å². The minimum absolute atomic E-state index is 0.0653. The Hall–Kier alpha value is -2.18. The van der Waals surface area contributed by atoms with Crippen LogP contribution in [0.2, 0.25) is 0 Å². The Bertz CT molecular complexity index is 795. The number of aryl methyl sites for hydroxylation is 1. The van der Waals surface area contributed by atoms with Crippen molar-refractivity contribution in [3.05, 3.63) is 70.4 Å². The van der Waals surface area contributed by atoms with Gasteiger partial charge in [-0.25, -0.2) is 0 Å². The number of amides is 1. The van der Waals surface area contributed by atoms with Gasteiger partial charge in [-0.05, 0) is 30.4 Å². The van der Waals surface area contributed by atoms with E-state index in [2.05, 4.69) is 48.0 Å². The highest BCUT2D eigenvalue weighted by Crippen LogP contribution is 2.30. The summed E-state index contributed by atoms with van der Waals surface area (Å²) in [5.74, 6) is 0.0653. The fourth-order valence-electron chi connectivity index (χ4n) is 2.45. The number of nitrogens with zero attached hydrogens (tertiary/aromatic N) is 3. The second kappa shape index (κ2) is 8.27. The van der Waals surface area contributed by atoms with Gasteiger partial charge in [0.1, 0.15) is 0 Å². The van der Waals surface area contributed by atoms with Crippen LogP contribution < -0.4 is 0 Å². The molecular formula is C19H19N3OS2. The average Bonchev–Trinajstić information content (AvgIpc) is 3.21. The lowest BCUT2D eigenvalue weighted by Gasteiger charge is -2.12. The molecule has 1 unspecified atom stereocenters. The Kier molecular flexibility index (Phi) is 5.83. The molecule has 0 saturated carbocycles. The maximum atomic E-state index is 12.7. The SMILES string of the molecule is C=CCN1C(=O)C(Cc2ccc(C)cc2)S/C1=N/N=C/c1cccs1. The largest absolute Gasteiger partial charge is 0.285 e. The first-order valence-electron chi connectivity index (χ1n) is 7.96. The second-order valence-electron chi connectivity index (χ2n) is 5.68. The number of benzene rings is 1. The summed E-state index contributed by atoms with van der Waals surface area (Å²) in [6, 6.07) is 12.2. The Morgan fingerprint density at radius 3 is 2.76 bits per heavy atom. The zero-order valence-corrected chi connectivity index (χ0v) is 15.6. The van der Waals surface area contributed by atoms with Crippen LogP contribution in [0, 0.1) is 6.92 Å². The van der Waals surface area contributed by atoms with Gasteiger partial charge in [0, 0.05) is 11.4 Å². The first-order valence-corrected chi connectivity index (χ1v) is 9.72. The molecule has 1 aromatic carbocycles. The summed E-state index contributed by atoms with van der Waals surface area (Å²) in [6.45, 7) is 6.24. The normalized spacial score (nSPS) is 19.2. The number of hydrogen-bond donors (Lipinski definition) is 0. The van der Waals surface area contributed by atoms with Gasteiger partial charge in [-0.1, -0.05) is 53.7 Å². The molecule has 1 fully saturated rings. The summed E-state index contributed by atoms with van der Waals surface area (Å²) in [5, 5.41) is 10.9. The molecule has 0 spiro atoms. The van der Waals surface area contributed by atoms with Crippen LogP contribution in [0.15, 0.2) is 64.6 Å². The minimum atomic E-state index is -0.168. The topological polar surface area (TPSA) is 45.0 Å². The Morgan fingerprint density at radius 2 is 2.08 bits per heavy atom. The van der Waals surface area contributed by atoms with E-state index in [1.807, 2.05) is 17.5 Å². The lowest BCUT2D eigenvalue weighted by Crippen LogP contribution is -2.32. The van der Waals surface area contributed by atoms with Crippen LogP contribution in [-0.2, 0) is 11.2 Å². The molecule has 1 aliphatic rings. The predicted molar refractivity (Wildman–Crippen MR) is 108 cm³/mol. The van der Waals surface area contributed by atoms with E-state index in [0.29, 0.717) is 18.1 Å². The molecule has 1 atom stereocenters. The molecule has 25 heavy (non-hydrogen) atoms. The maximum absolute atomic E-state index is 12.7. The Labute approximate surface area is 156 Å². The molecule has 2 heterocycles. The number of rotatable bonds is 6. The number of hydrogen-bond acceptors (Lipinski definition) is 5. The van der Waals surface area contributed by atoms with E-state index in [1.54, 1.807) is 28.5 Å². The van der Waals surface area contributed by atoms with Gasteiger partial charge < -0.3 is 0 Å². The molecule has 0 N–H and O–H groups in total. The van der Waals surface area contributed by atoms with E-state index < -0.39 is 0 Å². The summed E-state index contributed by atoms with van der Waals surface area (Å²) in [7, 11) is 0. The van der Waals surface area contributed by atoms with Gasteiger partial charge in [-0.15, -0.1) is 23.0 Å². The minimum Gasteiger partial charge on any atom is -0.285 e. The Morgan fingerprint density at radius 1 is 1.28 bits per heavy atom. The van der Waals surface area contributed by atoms with Gasteiger partial charge >= 0.3 is 0 Å². The van der Waals surface area contributed by atoms with Crippen LogP contribution in [0.3, 0.4) is 0 Å². The third kappa shape index (κ3) is 4.46. The fourth-order valence-corrected chi connectivity index (χ4v) is 4.17. The van der Waals surface area contributed by atoms with E-state index in [4.69, 9.17) is 0 Å². The van der Waals surface area contributed by atoms with Crippen molar-refractivity contribution in [3.63, 3.8) is 0 Å². The molecule has 0 bridgehead atoms. The van der Waals surface area contributed by atoms with Crippen LogP contribution in [0.25, 0.3) is 0 Å². The highest BCUT2D eigenvalue weighted by atomic mass is 32.2. The standard InChI is InChI=1S/C19H19N3OS2/c1-3-10-22-18(23)17(12-15-8-6-14(2)7-9-15)25-19(22)21-20-13-16-5-4-11-24-16/h3-9,11,13,17H,1,10,12H2,2H3/b20-13+,21-19+. The molecule has 4 nitrogen and oxygen atoms in total. The summed E-state index contributed by atoms with van der Waals surface area (Å²) in [6.07, 6.45) is 4.11. The summed E-state index contributed by atoms with van der Waals surface area (Å²) >= 11 is 3.07. The third-order valence-electron chi connectivity index (χ3n) is 3.74. The lowest BCUT2D eigenvalue weighted by atomic mass is 10.1. The molecule has 1 aromatic heterocycles. The van der Waals surface area contributed by atoms with Crippen molar-refractivity contribution in [2.75, 3.05) is 6.54 Å². The smallest absolute Gasteiger partial charge is 0.242 e. The number of thioether (sulfide) groups is 1. The van der Waals surface area contributed by atoms with Gasteiger partial charge in [0.15, 0.2) is 5.17 Å². The number of amidine groups is 1. The zero-order chi connectivity index (χ0) is 17.6. The highest BCUT2D eigenvalue weighted by molar-refractivity contribution is 8.15. The number of carbonyl (C=O) groups is 1. The summed E-state index contributed by atoms with van der Waals surface area (Å²) < 4.78 is 0. The van der Waals surface area contributed by atoms with Crippen molar-refractivity contribution in [2.24, 2.45) is 10.2 Å². The molecule has 6 heteroatoms. The first kappa shape index (κ1) is 17.6. The second-order valence-corrected chi connectivity index (χ2v) is 7.83. The molecule has 1 saturated heterocycles. The highest BCUT2D eigenvalue weighted by Gasteiger charge is 2.37. The van der Waals surface area contributed by atoms with E-state index in [-0.39, 0.29) is 11.2 Å². The molecule has 128 valence electrons. The van der Waals surface area contributed by atoms with Crippen LogP contribution in [0.5, 0.6) is 0 Å². The van der Waals surface area contributed by atoms with Gasteiger partial charge in [0.2, 0.25) is 5.91 Å². The fraction of sp³-hybridized carbons (Fsp3) is 0.211. The molecule has 1 amide bonds. The molecule has 0 radical (unpaired) electrons. The van der Waals surface area contributed by atoms with Gasteiger partial charge in [0.05, 0.1) is 11.5 Å². The van der Waals surface area contributed by atoms with Crippen LogP contribution in [0.1, 0.15) is 16.0 Å².